The van der Waals surface area contributed by atoms with Gasteiger partial charge in [-0.1, -0.05) is 0 Å². The molecule has 0 aliphatic carbocycles. The molecule has 0 spiro atoms. The smallest absolute Gasteiger partial charge is 0.276 e. The first-order valence-corrected chi connectivity index (χ1v) is 5.31. The topological polar surface area (TPSA) is 93.2 Å². The van der Waals surface area contributed by atoms with E-state index in [1.165, 1.54) is 0 Å². The molecule has 1 atom stereocenters. The highest BCUT2D eigenvalue weighted by molar-refractivity contribution is 6.10. The van der Waals surface area contributed by atoms with Crippen molar-refractivity contribution in [2.24, 2.45) is 5.73 Å². The maximum absolute atomic E-state index is 11.7. The molecule has 3 N–H and O–H groups in total. The molecule has 17 heavy (non-hydrogen) atoms. The summed E-state index contributed by atoms with van der Waals surface area (Å²) in [7, 11) is 3.89. The molecule has 1 aliphatic rings. The molecular formula is C10H15N5O2. The molecule has 1 aromatic heterocycles. The Bertz CT molecular complexity index is 465. The van der Waals surface area contributed by atoms with Gasteiger partial charge in [0, 0.05) is 13.1 Å². The quantitative estimate of drug-likeness (QED) is 0.638. The number of amides is 2. The van der Waals surface area contributed by atoms with Crippen LogP contribution >= 0.6 is 0 Å². The molecule has 0 fully saturated rings. The van der Waals surface area contributed by atoms with Gasteiger partial charge in [0.2, 0.25) is 5.91 Å². The fourth-order valence-electron chi connectivity index (χ4n) is 1.72. The third kappa shape index (κ3) is 2.06. The van der Waals surface area contributed by atoms with Crippen LogP contribution in [0.15, 0.2) is 6.33 Å². The normalized spacial score (nSPS) is 19.4. The zero-order valence-electron chi connectivity index (χ0n) is 9.80. The summed E-state index contributed by atoms with van der Waals surface area (Å²) in [6, 6.07) is -0.858. The van der Waals surface area contributed by atoms with E-state index < -0.39 is 17.9 Å². The van der Waals surface area contributed by atoms with Crippen molar-refractivity contribution in [2.45, 2.75) is 12.6 Å². The first-order valence-electron chi connectivity index (χ1n) is 5.31. The lowest BCUT2D eigenvalue weighted by Gasteiger charge is -2.19. The molecule has 0 bridgehead atoms. The van der Waals surface area contributed by atoms with E-state index in [1.807, 2.05) is 19.0 Å². The summed E-state index contributed by atoms with van der Waals surface area (Å²) in [5.74, 6) is -0.927. The second kappa shape index (κ2) is 4.27. The fraction of sp³-hybridized carbons (Fsp3) is 0.500. The molecule has 0 aromatic carbocycles. The number of nitrogens with one attached hydrogen (secondary N) is 1. The highest BCUT2D eigenvalue weighted by Gasteiger charge is 2.33. The minimum absolute atomic E-state index is 0.359. The van der Waals surface area contributed by atoms with Crippen LogP contribution in [0.2, 0.25) is 0 Å². The SMILES string of the molecule is CN(C)CCn1cnc2c1C(=O)NC(=O)[C@@H]2N. The molecule has 7 heteroatoms. The number of hydrogen-bond donors (Lipinski definition) is 2. The van der Waals surface area contributed by atoms with Crippen molar-refractivity contribution in [3.05, 3.63) is 17.7 Å². The first kappa shape index (κ1) is 11.7. The van der Waals surface area contributed by atoms with E-state index >= 15 is 0 Å². The summed E-state index contributed by atoms with van der Waals surface area (Å²) in [5.41, 5.74) is 6.42. The third-order valence-corrected chi connectivity index (χ3v) is 2.68. The Balaban J connectivity index is 2.30. The lowest BCUT2D eigenvalue weighted by Crippen LogP contribution is -2.44. The summed E-state index contributed by atoms with van der Waals surface area (Å²) in [6.07, 6.45) is 1.55. The number of aromatic nitrogens is 2. The average Bonchev–Trinajstić information content (AvgIpc) is 2.67. The zero-order chi connectivity index (χ0) is 12.6. The van der Waals surface area contributed by atoms with Crippen LogP contribution < -0.4 is 11.1 Å². The largest absolute Gasteiger partial charge is 0.325 e. The molecular weight excluding hydrogens is 222 g/mol. The van der Waals surface area contributed by atoms with Crippen LogP contribution in [0.5, 0.6) is 0 Å². The molecule has 0 unspecified atom stereocenters. The van der Waals surface area contributed by atoms with Crippen LogP contribution in [0.1, 0.15) is 22.2 Å². The van der Waals surface area contributed by atoms with E-state index in [0.717, 1.165) is 6.54 Å². The molecule has 2 rings (SSSR count). The van der Waals surface area contributed by atoms with Crippen LogP contribution in [0.25, 0.3) is 0 Å². The Hall–Kier alpha value is -1.73. The summed E-state index contributed by atoms with van der Waals surface area (Å²) in [6.45, 7) is 1.41. The average molecular weight is 237 g/mol. The van der Waals surface area contributed by atoms with Gasteiger partial charge in [-0.15, -0.1) is 0 Å². The molecule has 0 saturated carbocycles. The van der Waals surface area contributed by atoms with Gasteiger partial charge < -0.3 is 15.2 Å². The second-order valence-electron chi connectivity index (χ2n) is 4.27. The molecule has 1 aromatic rings. The summed E-state index contributed by atoms with van der Waals surface area (Å²) >= 11 is 0. The van der Waals surface area contributed by atoms with Gasteiger partial charge in [0.1, 0.15) is 11.7 Å². The summed E-state index contributed by atoms with van der Waals surface area (Å²) in [4.78, 5) is 29.1. The van der Waals surface area contributed by atoms with Gasteiger partial charge in [-0.3, -0.25) is 14.9 Å². The monoisotopic (exact) mass is 237 g/mol. The van der Waals surface area contributed by atoms with Crippen molar-refractivity contribution in [2.75, 3.05) is 20.6 Å². The second-order valence-corrected chi connectivity index (χ2v) is 4.27. The molecule has 2 heterocycles. The van der Waals surface area contributed by atoms with Crippen molar-refractivity contribution in [3.8, 4) is 0 Å². The highest BCUT2D eigenvalue weighted by atomic mass is 16.2. The number of imidazole rings is 1. The molecule has 0 saturated heterocycles. The number of carbonyl (C=O) groups is 2. The van der Waals surface area contributed by atoms with Gasteiger partial charge in [-0.05, 0) is 14.1 Å². The van der Waals surface area contributed by atoms with Crippen LogP contribution in [-0.2, 0) is 11.3 Å². The predicted octanol–water partition coefficient (Wildman–Crippen LogP) is -1.29. The number of nitrogens with two attached hydrogens (primary N) is 1. The number of likely N-dealkylation sites (N-methyl/N-ethyl adjacent to an activating group) is 1. The lowest BCUT2D eigenvalue weighted by atomic mass is 10.1. The van der Waals surface area contributed by atoms with E-state index in [9.17, 15) is 9.59 Å². The van der Waals surface area contributed by atoms with Gasteiger partial charge in [-0.25, -0.2) is 4.98 Å². The minimum Gasteiger partial charge on any atom is -0.325 e. The Labute approximate surface area is 98.6 Å². The molecule has 7 nitrogen and oxygen atoms in total. The van der Waals surface area contributed by atoms with Crippen LogP contribution in [0.3, 0.4) is 0 Å². The van der Waals surface area contributed by atoms with E-state index in [-0.39, 0.29) is 0 Å². The molecule has 1 aliphatic heterocycles. The number of rotatable bonds is 3. The summed E-state index contributed by atoms with van der Waals surface area (Å²) in [5, 5.41) is 2.22. The van der Waals surface area contributed by atoms with Crippen LogP contribution in [0, 0.1) is 0 Å². The zero-order valence-corrected chi connectivity index (χ0v) is 9.80. The standard InChI is InChI=1S/C10H15N5O2/c1-14(2)3-4-15-5-12-7-6(11)9(16)13-10(17)8(7)15/h5-6H,3-4,11H2,1-2H3,(H,13,16,17)/t6-/m1/s1. The van der Waals surface area contributed by atoms with E-state index in [4.69, 9.17) is 5.73 Å². The Morgan fingerprint density at radius 2 is 2.24 bits per heavy atom. The number of fused-ring (bicyclic) bond motifs is 1. The predicted molar refractivity (Wildman–Crippen MR) is 60.2 cm³/mol. The van der Waals surface area contributed by atoms with Crippen molar-refractivity contribution >= 4 is 11.8 Å². The molecule has 92 valence electrons. The number of nitrogens with zero attached hydrogens (tertiary/aromatic N) is 3. The Morgan fingerprint density at radius 1 is 1.53 bits per heavy atom. The van der Waals surface area contributed by atoms with Gasteiger partial charge in [-0.2, -0.15) is 0 Å². The van der Waals surface area contributed by atoms with Crippen LogP contribution in [-0.4, -0.2) is 46.9 Å². The van der Waals surface area contributed by atoms with Crippen molar-refractivity contribution < 1.29 is 9.59 Å². The number of carbonyl (C=O) groups excluding carboxylic acids is 2. The third-order valence-electron chi connectivity index (χ3n) is 2.68. The van der Waals surface area contributed by atoms with Gasteiger partial charge >= 0.3 is 0 Å². The molecule has 0 radical (unpaired) electrons. The fourth-order valence-corrected chi connectivity index (χ4v) is 1.72. The van der Waals surface area contributed by atoms with Crippen LogP contribution in [0.4, 0.5) is 0 Å². The highest BCUT2D eigenvalue weighted by Crippen LogP contribution is 2.19. The van der Waals surface area contributed by atoms with E-state index in [0.29, 0.717) is 17.9 Å². The number of imide groups is 1. The Morgan fingerprint density at radius 3 is 2.88 bits per heavy atom. The number of hydrogen-bond acceptors (Lipinski definition) is 5. The first-order chi connectivity index (χ1) is 8.00. The minimum atomic E-state index is -0.858. The van der Waals surface area contributed by atoms with E-state index in [2.05, 4.69) is 10.3 Å². The maximum Gasteiger partial charge on any atom is 0.276 e. The van der Waals surface area contributed by atoms with Gasteiger partial charge in [0.25, 0.3) is 5.91 Å². The summed E-state index contributed by atoms with van der Waals surface area (Å²) < 4.78 is 1.72. The van der Waals surface area contributed by atoms with Crippen molar-refractivity contribution in [1.29, 1.82) is 0 Å². The molecule has 2 amide bonds. The Kier molecular flexibility index (Phi) is 2.95. The van der Waals surface area contributed by atoms with E-state index in [1.54, 1.807) is 10.9 Å². The maximum atomic E-state index is 11.7. The van der Waals surface area contributed by atoms with Crippen molar-refractivity contribution in [1.82, 2.24) is 19.8 Å². The van der Waals surface area contributed by atoms with Crippen molar-refractivity contribution in [3.63, 3.8) is 0 Å². The lowest BCUT2D eigenvalue weighted by molar-refractivity contribution is -0.121. The van der Waals surface area contributed by atoms with Gasteiger partial charge in [0.05, 0.1) is 12.0 Å². The van der Waals surface area contributed by atoms with Gasteiger partial charge in [0.15, 0.2) is 0 Å².